The maximum Gasteiger partial charge on any atom is 0.262 e. The number of hydrogen-bond donors (Lipinski definition) is 1. The number of amides is 1. The Morgan fingerprint density at radius 2 is 1.79 bits per heavy atom. The summed E-state index contributed by atoms with van der Waals surface area (Å²) in [4.78, 5) is 10.8. The number of benzene rings is 1. The maximum atomic E-state index is 11.0. The first-order chi connectivity index (χ1) is 6.43. The standard InChI is InChI=1S/C8H9N2O3S/c9-8(11)7(14(10,12)13)6-4-2-1-3-5-6/h1-5,7,9H,(H2,10,12,13). The zero-order valence-electron chi connectivity index (χ0n) is 7.17. The van der Waals surface area contributed by atoms with Crippen LogP contribution in [0, 0.1) is 0 Å². The van der Waals surface area contributed by atoms with Gasteiger partial charge in [-0.3, -0.25) is 10.5 Å². The second-order valence-corrected chi connectivity index (χ2v) is 4.39. The summed E-state index contributed by atoms with van der Waals surface area (Å²) >= 11 is 0. The molecule has 1 radical (unpaired) electrons. The van der Waals surface area contributed by atoms with Crippen molar-refractivity contribution in [1.82, 2.24) is 5.73 Å². The molecule has 1 unspecified atom stereocenters. The fraction of sp³-hybridized carbons (Fsp3) is 0.125. The summed E-state index contributed by atoms with van der Waals surface area (Å²) in [5.74, 6) is -1.22. The lowest BCUT2D eigenvalue weighted by molar-refractivity contribution is -0.118. The molecule has 0 aliphatic rings. The first-order valence-electron chi connectivity index (χ1n) is 3.75. The van der Waals surface area contributed by atoms with Gasteiger partial charge in [-0.25, -0.2) is 13.6 Å². The van der Waals surface area contributed by atoms with Gasteiger partial charge in [0, 0.05) is 0 Å². The summed E-state index contributed by atoms with van der Waals surface area (Å²) in [5, 5.41) is 3.26. The first-order valence-corrected chi connectivity index (χ1v) is 5.36. The summed E-state index contributed by atoms with van der Waals surface area (Å²) < 4.78 is 22.0. The predicted molar refractivity (Wildman–Crippen MR) is 50.4 cm³/mol. The van der Waals surface area contributed by atoms with E-state index in [4.69, 9.17) is 10.9 Å². The third-order valence-electron chi connectivity index (χ3n) is 1.67. The molecule has 0 fully saturated rings. The third kappa shape index (κ3) is 2.30. The second-order valence-electron chi connectivity index (χ2n) is 2.74. The molecule has 14 heavy (non-hydrogen) atoms. The molecule has 75 valence electrons. The van der Waals surface area contributed by atoms with Gasteiger partial charge in [0.15, 0.2) is 5.25 Å². The molecule has 3 N–H and O–H groups in total. The number of carbonyl (C=O) groups excluding carboxylic acids is 1. The fourth-order valence-electron chi connectivity index (χ4n) is 1.12. The van der Waals surface area contributed by atoms with Gasteiger partial charge in [-0.05, 0) is 5.56 Å². The lowest BCUT2D eigenvalue weighted by Gasteiger charge is -2.09. The van der Waals surface area contributed by atoms with Crippen molar-refractivity contribution in [2.45, 2.75) is 5.25 Å². The van der Waals surface area contributed by atoms with Gasteiger partial charge in [0.05, 0.1) is 0 Å². The quantitative estimate of drug-likeness (QED) is 0.753. The van der Waals surface area contributed by atoms with E-state index < -0.39 is 21.2 Å². The molecule has 0 aliphatic heterocycles. The SMILES string of the molecule is [NH]C(=O)C(c1ccccc1)S(N)(=O)=O. The highest BCUT2D eigenvalue weighted by molar-refractivity contribution is 7.90. The number of hydrogen-bond acceptors (Lipinski definition) is 3. The van der Waals surface area contributed by atoms with Gasteiger partial charge in [0.2, 0.25) is 10.0 Å². The molecule has 0 bridgehead atoms. The molecule has 1 aromatic carbocycles. The number of primary sulfonamides is 1. The van der Waals surface area contributed by atoms with Crippen LogP contribution in [-0.4, -0.2) is 14.3 Å². The van der Waals surface area contributed by atoms with Crippen LogP contribution in [0.15, 0.2) is 30.3 Å². The maximum absolute atomic E-state index is 11.0. The Balaban J connectivity index is 3.22. The molecular formula is C8H9N2O3S. The van der Waals surface area contributed by atoms with Crippen LogP contribution in [0.3, 0.4) is 0 Å². The van der Waals surface area contributed by atoms with E-state index in [0.717, 1.165) is 0 Å². The minimum atomic E-state index is -4.05. The Morgan fingerprint density at radius 1 is 1.29 bits per heavy atom. The van der Waals surface area contributed by atoms with Crippen molar-refractivity contribution in [2.75, 3.05) is 0 Å². The minimum absolute atomic E-state index is 0.218. The summed E-state index contributed by atoms with van der Waals surface area (Å²) in [6.07, 6.45) is 0. The van der Waals surface area contributed by atoms with Gasteiger partial charge in [0.25, 0.3) is 5.91 Å². The van der Waals surface area contributed by atoms with E-state index in [1.54, 1.807) is 18.2 Å². The Labute approximate surface area is 81.8 Å². The average molecular weight is 213 g/mol. The monoisotopic (exact) mass is 213 g/mol. The molecule has 6 heteroatoms. The normalized spacial score (nSPS) is 13.5. The topological polar surface area (TPSA) is 101 Å². The highest BCUT2D eigenvalue weighted by Crippen LogP contribution is 2.19. The molecule has 0 saturated heterocycles. The number of nitrogens with two attached hydrogens (primary N) is 1. The van der Waals surface area contributed by atoms with Gasteiger partial charge in [0.1, 0.15) is 0 Å². The molecule has 0 spiro atoms. The van der Waals surface area contributed by atoms with Crippen LogP contribution in [0.25, 0.3) is 0 Å². The average Bonchev–Trinajstić information content (AvgIpc) is 2.02. The summed E-state index contributed by atoms with van der Waals surface area (Å²) in [5.41, 5.74) is 7.05. The van der Waals surface area contributed by atoms with E-state index in [9.17, 15) is 13.2 Å². The van der Waals surface area contributed by atoms with Crippen molar-refractivity contribution in [3.8, 4) is 0 Å². The largest absolute Gasteiger partial charge is 0.271 e. The van der Waals surface area contributed by atoms with Crippen LogP contribution >= 0.6 is 0 Å². The van der Waals surface area contributed by atoms with E-state index in [1.165, 1.54) is 12.1 Å². The molecule has 5 nitrogen and oxygen atoms in total. The second kappa shape index (κ2) is 3.77. The molecule has 1 aromatic rings. The van der Waals surface area contributed by atoms with E-state index in [0.29, 0.717) is 0 Å². The van der Waals surface area contributed by atoms with Crippen molar-refractivity contribution >= 4 is 15.9 Å². The first kappa shape index (κ1) is 10.7. The van der Waals surface area contributed by atoms with Gasteiger partial charge < -0.3 is 0 Å². The van der Waals surface area contributed by atoms with Crippen molar-refractivity contribution in [1.29, 1.82) is 0 Å². The molecular weight excluding hydrogens is 204 g/mol. The van der Waals surface area contributed by atoms with E-state index in [2.05, 4.69) is 0 Å². The zero-order valence-corrected chi connectivity index (χ0v) is 7.99. The molecule has 0 aliphatic carbocycles. The van der Waals surface area contributed by atoms with E-state index >= 15 is 0 Å². The summed E-state index contributed by atoms with van der Waals surface area (Å²) in [7, 11) is -4.05. The van der Waals surface area contributed by atoms with Crippen LogP contribution in [-0.2, 0) is 14.8 Å². The predicted octanol–water partition coefficient (Wildman–Crippen LogP) is -0.174. The highest BCUT2D eigenvalue weighted by Gasteiger charge is 2.29. The molecule has 1 amide bonds. The van der Waals surface area contributed by atoms with E-state index in [-0.39, 0.29) is 5.56 Å². The molecule has 0 aromatic heterocycles. The van der Waals surface area contributed by atoms with Gasteiger partial charge in [-0.1, -0.05) is 30.3 Å². The molecule has 0 heterocycles. The zero-order chi connectivity index (χ0) is 10.8. The Bertz CT molecular complexity index is 427. The van der Waals surface area contributed by atoms with Crippen molar-refractivity contribution in [3.05, 3.63) is 35.9 Å². The van der Waals surface area contributed by atoms with E-state index in [1.807, 2.05) is 0 Å². The van der Waals surface area contributed by atoms with Crippen LogP contribution in [0.4, 0.5) is 0 Å². The number of rotatable bonds is 3. The minimum Gasteiger partial charge on any atom is -0.271 e. The number of nitrogens with one attached hydrogen (secondary N) is 1. The fourth-order valence-corrected chi connectivity index (χ4v) is 1.95. The number of carbonyl (C=O) groups is 1. The summed E-state index contributed by atoms with van der Waals surface area (Å²) in [6, 6.07) is 7.73. The van der Waals surface area contributed by atoms with Gasteiger partial charge >= 0.3 is 0 Å². The van der Waals surface area contributed by atoms with Gasteiger partial charge in [-0.15, -0.1) is 0 Å². The lowest BCUT2D eigenvalue weighted by atomic mass is 10.1. The Kier molecular flexibility index (Phi) is 2.87. The third-order valence-corrected chi connectivity index (χ3v) is 2.81. The van der Waals surface area contributed by atoms with Crippen LogP contribution in [0.5, 0.6) is 0 Å². The molecule has 1 rings (SSSR count). The smallest absolute Gasteiger partial charge is 0.262 e. The van der Waals surface area contributed by atoms with Crippen LogP contribution < -0.4 is 10.9 Å². The van der Waals surface area contributed by atoms with Crippen LogP contribution in [0.1, 0.15) is 10.8 Å². The highest BCUT2D eigenvalue weighted by atomic mass is 32.2. The Morgan fingerprint density at radius 3 is 2.14 bits per heavy atom. The lowest BCUT2D eigenvalue weighted by Crippen LogP contribution is -2.28. The summed E-state index contributed by atoms with van der Waals surface area (Å²) in [6.45, 7) is 0. The Hall–Kier alpha value is -1.40. The van der Waals surface area contributed by atoms with Gasteiger partial charge in [-0.2, -0.15) is 0 Å². The number of sulfonamides is 1. The molecule has 1 atom stereocenters. The van der Waals surface area contributed by atoms with Crippen molar-refractivity contribution in [3.63, 3.8) is 0 Å². The van der Waals surface area contributed by atoms with Crippen molar-refractivity contribution < 1.29 is 13.2 Å². The van der Waals surface area contributed by atoms with Crippen molar-refractivity contribution in [2.24, 2.45) is 5.14 Å². The van der Waals surface area contributed by atoms with Crippen LogP contribution in [0.2, 0.25) is 0 Å². The molecule has 0 saturated carbocycles.